The lowest BCUT2D eigenvalue weighted by atomic mass is 10.1. The van der Waals surface area contributed by atoms with Crippen molar-refractivity contribution >= 4 is 0 Å². The molecule has 126 valence electrons. The van der Waals surface area contributed by atoms with Gasteiger partial charge in [-0.05, 0) is 19.0 Å². The number of hydrogen-bond donors (Lipinski definition) is 1. The van der Waals surface area contributed by atoms with E-state index in [0.717, 1.165) is 35.7 Å². The van der Waals surface area contributed by atoms with Crippen molar-refractivity contribution in [3.63, 3.8) is 0 Å². The van der Waals surface area contributed by atoms with E-state index in [0.29, 0.717) is 18.4 Å². The second-order valence-corrected chi connectivity index (χ2v) is 6.52. The first-order valence-corrected chi connectivity index (χ1v) is 8.20. The first-order chi connectivity index (χ1) is 11.6. The van der Waals surface area contributed by atoms with Gasteiger partial charge in [0, 0.05) is 24.2 Å². The summed E-state index contributed by atoms with van der Waals surface area (Å²) in [5.41, 5.74) is 3.12. The van der Waals surface area contributed by atoms with Gasteiger partial charge in [-0.15, -0.1) is 0 Å². The third kappa shape index (κ3) is 4.29. The molecule has 0 fully saturated rings. The molecule has 0 atom stereocenters. The summed E-state index contributed by atoms with van der Waals surface area (Å²) < 4.78 is 5.28. The van der Waals surface area contributed by atoms with Gasteiger partial charge in [-0.2, -0.15) is 10.1 Å². The summed E-state index contributed by atoms with van der Waals surface area (Å²) in [5.74, 6) is 1.94. The number of benzene rings is 1. The van der Waals surface area contributed by atoms with Crippen LogP contribution in [0.4, 0.5) is 0 Å². The van der Waals surface area contributed by atoms with Crippen LogP contribution in [0.1, 0.15) is 31.3 Å². The van der Waals surface area contributed by atoms with Crippen LogP contribution in [0.5, 0.6) is 0 Å². The van der Waals surface area contributed by atoms with Gasteiger partial charge in [0.1, 0.15) is 0 Å². The monoisotopic (exact) mass is 325 g/mol. The number of H-pyrrole nitrogens is 1. The predicted octanol–water partition coefficient (Wildman–Crippen LogP) is 3.29. The second-order valence-electron chi connectivity index (χ2n) is 6.52. The Balaban J connectivity index is 1.58. The standard InChI is InChI=1S/C18H23N5O/c1-13(2)9-18-19-17(22-24-18)12-23(3)11-15-10-16(21-20-15)14-7-5-4-6-8-14/h4-8,10,13H,9,11-12H2,1-3H3,(H,20,21). The van der Waals surface area contributed by atoms with Crippen LogP contribution in [-0.4, -0.2) is 32.3 Å². The van der Waals surface area contributed by atoms with Crippen molar-refractivity contribution in [3.05, 3.63) is 53.8 Å². The molecular formula is C18H23N5O. The average Bonchev–Trinajstić information content (AvgIpc) is 3.17. The number of rotatable bonds is 7. The summed E-state index contributed by atoms with van der Waals surface area (Å²) in [7, 11) is 2.03. The smallest absolute Gasteiger partial charge is 0.226 e. The molecule has 0 unspecified atom stereocenters. The molecule has 6 nitrogen and oxygen atoms in total. The highest BCUT2D eigenvalue weighted by atomic mass is 16.5. The molecule has 0 aliphatic rings. The summed E-state index contributed by atoms with van der Waals surface area (Å²) in [6, 6.07) is 12.2. The Bertz CT molecular complexity index is 763. The van der Waals surface area contributed by atoms with Crippen LogP contribution < -0.4 is 0 Å². The first-order valence-electron chi connectivity index (χ1n) is 8.20. The normalized spacial score (nSPS) is 11.5. The van der Waals surface area contributed by atoms with Gasteiger partial charge in [-0.1, -0.05) is 49.3 Å². The minimum Gasteiger partial charge on any atom is -0.339 e. The molecule has 2 aromatic heterocycles. The molecule has 3 rings (SSSR count). The Kier molecular flexibility index (Phi) is 5.05. The van der Waals surface area contributed by atoms with Crippen molar-refractivity contribution in [2.24, 2.45) is 5.92 Å². The van der Waals surface area contributed by atoms with E-state index in [2.05, 4.69) is 57.3 Å². The average molecular weight is 325 g/mol. The van der Waals surface area contributed by atoms with Crippen molar-refractivity contribution in [2.75, 3.05) is 7.05 Å². The molecule has 0 amide bonds. The van der Waals surface area contributed by atoms with Crippen molar-refractivity contribution < 1.29 is 4.52 Å². The summed E-state index contributed by atoms with van der Waals surface area (Å²) >= 11 is 0. The lowest BCUT2D eigenvalue weighted by molar-refractivity contribution is 0.295. The molecule has 3 aromatic rings. The summed E-state index contributed by atoms with van der Waals surface area (Å²) in [4.78, 5) is 6.57. The molecule has 0 aliphatic heterocycles. The van der Waals surface area contributed by atoms with Gasteiger partial charge in [0.15, 0.2) is 5.82 Å². The molecule has 0 bridgehead atoms. The van der Waals surface area contributed by atoms with E-state index in [9.17, 15) is 0 Å². The van der Waals surface area contributed by atoms with E-state index in [4.69, 9.17) is 4.52 Å². The first kappa shape index (κ1) is 16.4. The molecule has 0 aliphatic carbocycles. The summed E-state index contributed by atoms with van der Waals surface area (Å²) in [6.45, 7) is 5.66. The fourth-order valence-corrected chi connectivity index (χ4v) is 2.57. The van der Waals surface area contributed by atoms with Crippen LogP contribution in [0.2, 0.25) is 0 Å². The van der Waals surface area contributed by atoms with Gasteiger partial charge in [-0.3, -0.25) is 10.00 Å². The van der Waals surface area contributed by atoms with Crippen LogP contribution >= 0.6 is 0 Å². The minimum absolute atomic E-state index is 0.512. The predicted molar refractivity (Wildman–Crippen MR) is 92.0 cm³/mol. The Morgan fingerprint density at radius 1 is 1.17 bits per heavy atom. The third-order valence-corrected chi connectivity index (χ3v) is 3.65. The minimum atomic E-state index is 0.512. The number of aromatic nitrogens is 4. The van der Waals surface area contributed by atoms with E-state index in [1.54, 1.807) is 0 Å². The number of nitrogens with zero attached hydrogens (tertiary/aromatic N) is 4. The Morgan fingerprint density at radius 3 is 2.71 bits per heavy atom. The molecule has 0 spiro atoms. The lowest BCUT2D eigenvalue weighted by Crippen LogP contribution is -2.18. The van der Waals surface area contributed by atoms with Gasteiger partial charge < -0.3 is 4.52 Å². The van der Waals surface area contributed by atoms with Gasteiger partial charge in [0.25, 0.3) is 0 Å². The van der Waals surface area contributed by atoms with E-state index in [1.807, 2.05) is 25.2 Å². The lowest BCUT2D eigenvalue weighted by Gasteiger charge is -2.12. The SMILES string of the molecule is CC(C)Cc1nc(CN(C)Cc2cc(-c3ccccc3)n[nH]2)no1. The van der Waals surface area contributed by atoms with Crippen molar-refractivity contribution in [2.45, 2.75) is 33.4 Å². The summed E-state index contributed by atoms with van der Waals surface area (Å²) in [6.07, 6.45) is 0.817. The quantitative estimate of drug-likeness (QED) is 0.722. The Hall–Kier alpha value is -2.47. The topological polar surface area (TPSA) is 70.8 Å². The molecule has 1 aromatic carbocycles. The van der Waals surface area contributed by atoms with Crippen LogP contribution in [0.3, 0.4) is 0 Å². The van der Waals surface area contributed by atoms with Gasteiger partial charge in [0.2, 0.25) is 5.89 Å². The zero-order valence-corrected chi connectivity index (χ0v) is 14.4. The second kappa shape index (κ2) is 7.40. The number of nitrogens with one attached hydrogen (secondary N) is 1. The zero-order chi connectivity index (χ0) is 16.9. The molecule has 0 saturated carbocycles. The Morgan fingerprint density at radius 2 is 1.96 bits per heavy atom. The number of hydrogen-bond acceptors (Lipinski definition) is 5. The molecular weight excluding hydrogens is 302 g/mol. The molecule has 0 radical (unpaired) electrons. The summed E-state index contributed by atoms with van der Waals surface area (Å²) in [5, 5.41) is 11.5. The molecule has 24 heavy (non-hydrogen) atoms. The maximum atomic E-state index is 5.28. The molecule has 0 saturated heterocycles. The largest absolute Gasteiger partial charge is 0.339 e. The van der Waals surface area contributed by atoms with Crippen LogP contribution in [0, 0.1) is 5.92 Å². The third-order valence-electron chi connectivity index (χ3n) is 3.65. The van der Waals surface area contributed by atoms with E-state index < -0.39 is 0 Å². The highest BCUT2D eigenvalue weighted by Crippen LogP contribution is 2.17. The van der Waals surface area contributed by atoms with E-state index in [1.165, 1.54) is 0 Å². The maximum Gasteiger partial charge on any atom is 0.226 e. The van der Waals surface area contributed by atoms with Crippen molar-refractivity contribution in [1.82, 2.24) is 25.2 Å². The van der Waals surface area contributed by atoms with Crippen LogP contribution in [-0.2, 0) is 19.5 Å². The van der Waals surface area contributed by atoms with Gasteiger partial charge >= 0.3 is 0 Å². The van der Waals surface area contributed by atoms with Gasteiger partial charge in [-0.25, -0.2) is 0 Å². The van der Waals surface area contributed by atoms with Crippen molar-refractivity contribution in [3.8, 4) is 11.3 Å². The highest BCUT2D eigenvalue weighted by molar-refractivity contribution is 5.58. The van der Waals surface area contributed by atoms with E-state index in [-0.39, 0.29) is 0 Å². The number of aromatic amines is 1. The Labute approximate surface area is 141 Å². The molecule has 2 heterocycles. The fraction of sp³-hybridized carbons (Fsp3) is 0.389. The van der Waals surface area contributed by atoms with Gasteiger partial charge in [0.05, 0.1) is 12.2 Å². The highest BCUT2D eigenvalue weighted by Gasteiger charge is 2.12. The zero-order valence-electron chi connectivity index (χ0n) is 14.4. The van der Waals surface area contributed by atoms with Crippen LogP contribution in [0.25, 0.3) is 11.3 Å². The van der Waals surface area contributed by atoms with Crippen LogP contribution in [0.15, 0.2) is 40.9 Å². The maximum absolute atomic E-state index is 5.28. The van der Waals surface area contributed by atoms with E-state index >= 15 is 0 Å². The molecule has 1 N–H and O–H groups in total. The molecule has 6 heteroatoms. The fourth-order valence-electron chi connectivity index (χ4n) is 2.57. The van der Waals surface area contributed by atoms with Crippen molar-refractivity contribution in [1.29, 1.82) is 0 Å².